The number of non-ortho nitro benzene ring substituents is 1. The van der Waals surface area contributed by atoms with E-state index in [4.69, 9.17) is 0 Å². The van der Waals surface area contributed by atoms with Crippen molar-refractivity contribution in [2.75, 3.05) is 0 Å². The van der Waals surface area contributed by atoms with Crippen LogP contribution in [0.1, 0.15) is 28.2 Å². The quantitative estimate of drug-likeness (QED) is 0.232. The van der Waals surface area contributed by atoms with Gasteiger partial charge in [-0.3, -0.25) is 25.0 Å². The Hall–Kier alpha value is -3.79. The first-order chi connectivity index (χ1) is 15.7. The van der Waals surface area contributed by atoms with Gasteiger partial charge in [0.2, 0.25) is 0 Å². The molecule has 0 unspecified atom stereocenters. The third kappa shape index (κ3) is 4.17. The van der Waals surface area contributed by atoms with Crippen LogP contribution in [0.15, 0.2) is 56.7 Å². The first-order valence-corrected chi connectivity index (χ1v) is 10.9. The molecule has 0 aliphatic heterocycles. The number of hydrogen-bond donors (Lipinski definition) is 1. The Morgan fingerprint density at radius 2 is 1.82 bits per heavy atom. The van der Waals surface area contributed by atoms with E-state index in [9.17, 15) is 14.9 Å². The van der Waals surface area contributed by atoms with Crippen molar-refractivity contribution in [1.82, 2.24) is 19.6 Å². The van der Waals surface area contributed by atoms with Crippen molar-refractivity contribution in [1.29, 1.82) is 0 Å². The molecule has 4 aromatic rings. The normalized spacial score (nSPS) is 11.4. The van der Waals surface area contributed by atoms with Gasteiger partial charge in [0.15, 0.2) is 0 Å². The highest BCUT2D eigenvalue weighted by atomic mass is 79.9. The summed E-state index contributed by atoms with van der Waals surface area (Å²) in [5, 5.41) is 18.6. The number of aryl methyl sites for hydroxylation is 3. The van der Waals surface area contributed by atoms with Gasteiger partial charge in [0.05, 0.1) is 33.2 Å². The minimum Gasteiger partial charge on any atom is -0.295 e. The van der Waals surface area contributed by atoms with Crippen molar-refractivity contribution in [2.24, 2.45) is 4.99 Å². The second kappa shape index (κ2) is 8.62. The lowest BCUT2D eigenvalue weighted by molar-refractivity contribution is -0.384. The summed E-state index contributed by atoms with van der Waals surface area (Å²) in [5.41, 5.74) is 5.46. The van der Waals surface area contributed by atoms with Crippen LogP contribution < -0.4 is 5.56 Å². The molecule has 0 fully saturated rings. The molecule has 0 amide bonds. The zero-order chi connectivity index (χ0) is 23.9. The smallest absolute Gasteiger partial charge is 0.280 e. The maximum absolute atomic E-state index is 13.1. The van der Waals surface area contributed by atoms with Crippen molar-refractivity contribution < 1.29 is 4.92 Å². The predicted molar refractivity (Wildman–Crippen MR) is 131 cm³/mol. The Balaban J connectivity index is 1.70. The molecule has 2 heterocycles. The number of halogens is 1. The van der Waals surface area contributed by atoms with Gasteiger partial charge in [0.1, 0.15) is 5.69 Å². The van der Waals surface area contributed by atoms with Crippen LogP contribution in [0.4, 0.5) is 11.4 Å². The lowest BCUT2D eigenvalue weighted by Crippen LogP contribution is -2.18. The zero-order valence-corrected chi connectivity index (χ0v) is 20.0. The number of nitrogens with one attached hydrogen (secondary N) is 1. The lowest BCUT2D eigenvalue weighted by atomic mass is 10.2. The predicted octanol–water partition coefficient (Wildman–Crippen LogP) is 5.01. The number of aromatic amines is 1. The van der Waals surface area contributed by atoms with Gasteiger partial charge >= 0.3 is 0 Å². The molecule has 0 bridgehead atoms. The molecule has 0 radical (unpaired) electrons. The largest absolute Gasteiger partial charge is 0.295 e. The number of aromatic nitrogens is 4. The first kappa shape index (κ1) is 22.4. The van der Waals surface area contributed by atoms with Gasteiger partial charge in [0.25, 0.3) is 11.2 Å². The Kier molecular flexibility index (Phi) is 5.86. The van der Waals surface area contributed by atoms with E-state index in [-0.39, 0.29) is 11.2 Å². The maximum Gasteiger partial charge on any atom is 0.280 e. The summed E-state index contributed by atoms with van der Waals surface area (Å²) in [5.74, 6) is 0. The zero-order valence-electron chi connectivity index (χ0n) is 18.5. The molecule has 2 aromatic heterocycles. The molecule has 0 saturated carbocycles. The molecule has 4 rings (SSSR count). The molecule has 0 spiro atoms. The van der Waals surface area contributed by atoms with Gasteiger partial charge in [-0.05, 0) is 63.6 Å². The molecular weight excluding hydrogens is 488 g/mol. The molecule has 0 saturated heterocycles. The third-order valence-corrected chi connectivity index (χ3v) is 5.89. The van der Waals surface area contributed by atoms with E-state index in [1.165, 1.54) is 16.8 Å². The molecule has 9 nitrogen and oxygen atoms in total. The third-order valence-electron chi connectivity index (χ3n) is 5.40. The average molecular weight is 509 g/mol. The molecule has 0 aliphatic rings. The Labute approximate surface area is 197 Å². The Morgan fingerprint density at radius 3 is 2.45 bits per heavy atom. The summed E-state index contributed by atoms with van der Waals surface area (Å²) >= 11 is 3.44. The molecule has 0 atom stereocenters. The molecule has 10 heteroatoms. The van der Waals surface area contributed by atoms with Crippen LogP contribution in [-0.2, 0) is 0 Å². The maximum atomic E-state index is 13.1. The summed E-state index contributed by atoms with van der Waals surface area (Å²) in [7, 11) is 0. The van der Waals surface area contributed by atoms with Crippen molar-refractivity contribution >= 4 is 33.5 Å². The first-order valence-electron chi connectivity index (χ1n) is 10.1. The average Bonchev–Trinajstić information content (AvgIpc) is 3.21. The van der Waals surface area contributed by atoms with Crippen LogP contribution in [-0.4, -0.2) is 30.7 Å². The van der Waals surface area contributed by atoms with E-state index in [0.29, 0.717) is 28.3 Å². The van der Waals surface area contributed by atoms with E-state index in [2.05, 4.69) is 31.1 Å². The fraction of sp³-hybridized carbons (Fsp3) is 0.174. The SMILES string of the molecule is Cc1cc(Br)ccc1-n1[nH]c(C)c(C=Nc2c(C)nn(-c3ccc([N+](=O)[O-])cc3)c2C)c1=O. The number of benzene rings is 2. The van der Waals surface area contributed by atoms with Gasteiger partial charge < -0.3 is 0 Å². The summed E-state index contributed by atoms with van der Waals surface area (Å²) < 4.78 is 4.13. The monoisotopic (exact) mass is 508 g/mol. The molecular formula is C23H21BrN6O3. The molecule has 33 heavy (non-hydrogen) atoms. The summed E-state index contributed by atoms with van der Waals surface area (Å²) in [6.07, 6.45) is 1.55. The minimum atomic E-state index is -0.442. The molecule has 1 N–H and O–H groups in total. The molecule has 2 aromatic carbocycles. The van der Waals surface area contributed by atoms with E-state index in [1.54, 1.807) is 23.0 Å². The number of aliphatic imine (C=N–C) groups is 1. The summed E-state index contributed by atoms with van der Waals surface area (Å²) in [4.78, 5) is 28.1. The second-order valence-electron chi connectivity index (χ2n) is 7.68. The van der Waals surface area contributed by atoms with Gasteiger partial charge in [-0.15, -0.1) is 0 Å². The highest BCUT2D eigenvalue weighted by Crippen LogP contribution is 2.26. The highest BCUT2D eigenvalue weighted by Gasteiger charge is 2.16. The van der Waals surface area contributed by atoms with Crippen LogP contribution in [0.3, 0.4) is 0 Å². The van der Waals surface area contributed by atoms with Gasteiger partial charge in [0, 0.05) is 28.5 Å². The van der Waals surface area contributed by atoms with Gasteiger partial charge in [-0.2, -0.15) is 5.10 Å². The van der Waals surface area contributed by atoms with Crippen LogP contribution in [0.2, 0.25) is 0 Å². The standard InChI is InChI=1S/C23H21BrN6O3/c1-13-11-17(24)5-10-21(13)29-23(31)20(14(2)26-29)12-25-22-15(3)27-28(16(22)4)18-6-8-19(9-7-18)30(32)33/h5-12,26H,1-4H3. The number of hydrogen-bond acceptors (Lipinski definition) is 5. The number of rotatable bonds is 5. The number of nitrogens with zero attached hydrogens (tertiary/aromatic N) is 5. The Bertz CT molecular complexity index is 1460. The molecule has 0 aliphatic carbocycles. The van der Waals surface area contributed by atoms with E-state index >= 15 is 0 Å². The van der Waals surface area contributed by atoms with E-state index in [0.717, 1.165) is 21.4 Å². The van der Waals surface area contributed by atoms with Gasteiger partial charge in [-0.1, -0.05) is 15.9 Å². The van der Waals surface area contributed by atoms with Crippen LogP contribution in [0, 0.1) is 37.8 Å². The highest BCUT2D eigenvalue weighted by molar-refractivity contribution is 9.10. The lowest BCUT2D eigenvalue weighted by Gasteiger charge is -2.06. The minimum absolute atomic E-state index is 0.0127. The van der Waals surface area contributed by atoms with Gasteiger partial charge in [-0.25, -0.2) is 9.36 Å². The number of H-pyrrole nitrogens is 1. The number of nitro groups is 1. The summed E-state index contributed by atoms with van der Waals surface area (Å²) in [6.45, 7) is 7.46. The topological polar surface area (TPSA) is 111 Å². The fourth-order valence-electron chi connectivity index (χ4n) is 3.67. The Morgan fingerprint density at radius 1 is 1.12 bits per heavy atom. The van der Waals surface area contributed by atoms with Crippen molar-refractivity contribution in [3.8, 4) is 11.4 Å². The van der Waals surface area contributed by atoms with Crippen molar-refractivity contribution in [3.05, 3.63) is 95.6 Å². The van der Waals surface area contributed by atoms with Crippen LogP contribution >= 0.6 is 15.9 Å². The summed E-state index contributed by atoms with van der Waals surface area (Å²) in [6, 6.07) is 11.9. The fourth-order valence-corrected chi connectivity index (χ4v) is 4.14. The van der Waals surface area contributed by atoms with Crippen LogP contribution in [0.25, 0.3) is 11.4 Å². The second-order valence-corrected chi connectivity index (χ2v) is 8.60. The number of nitro benzene ring substituents is 1. The van der Waals surface area contributed by atoms with Crippen molar-refractivity contribution in [2.45, 2.75) is 27.7 Å². The van der Waals surface area contributed by atoms with Crippen molar-refractivity contribution in [3.63, 3.8) is 0 Å². The van der Waals surface area contributed by atoms with Crippen LogP contribution in [0.5, 0.6) is 0 Å². The van der Waals surface area contributed by atoms with E-state index < -0.39 is 4.92 Å². The van der Waals surface area contributed by atoms with E-state index in [1.807, 2.05) is 45.9 Å². The molecule has 168 valence electrons.